The maximum Gasteiger partial charge on any atom is 0.0939 e. The Morgan fingerprint density at radius 2 is 0.646 bits per heavy atom. The van der Waals surface area contributed by atoms with Crippen LogP contribution in [-0.4, -0.2) is 23.7 Å². The number of pyridine rings is 2. The summed E-state index contributed by atoms with van der Waals surface area (Å²) in [5, 5.41) is 7.37. The van der Waals surface area contributed by atoms with E-state index < -0.39 is 5.41 Å². The van der Waals surface area contributed by atoms with Crippen LogP contribution in [0.3, 0.4) is 0 Å². The van der Waals surface area contributed by atoms with Gasteiger partial charge in [0.1, 0.15) is 0 Å². The van der Waals surface area contributed by atoms with Crippen LogP contribution in [-0.2, 0) is 5.41 Å². The average molecular weight is 846 g/mol. The molecule has 1 spiro atoms. The molecule has 0 saturated carbocycles. The fourth-order valence-electron chi connectivity index (χ4n) is 11.6. The van der Waals surface area contributed by atoms with Gasteiger partial charge in [0.15, 0.2) is 0 Å². The summed E-state index contributed by atoms with van der Waals surface area (Å²) in [6.45, 7) is 0. The Labute approximate surface area is 377 Å². The van der Waals surface area contributed by atoms with Crippen molar-refractivity contribution in [2.75, 3.05) is 0 Å². The standard InChI is InChI=1S/C59H35N5S/c1-8-22-49-39(15-1)40-16-2-9-23-50(40)62(49)36-29-30-56-46(31-36)59(45-21-7-14-28-55(45)65-56)47-32-37(63-51-24-10-3-17-41(51)42-18-4-11-25-52(42)63)34-60-57(47)58-48(59)33-38(35-61-58)64-53-26-12-5-19-43(53)44-20-6-13-27-54(44)64/h1-35H. The summed E-state index contributed by atoms with van der Waals surface area (Å²) in [6, 6.07) is 73.5. The second-order valence-electron chi connectivity index (χ2n) is 17.3. The zero-order valence-electron chi connectivity index (χ0n) is 34.9. The first-order valence-electron chi connectivity index (χ1n) is 22.1. The van der Waals surface area contributed by atoms with Crippen LogP contribution in [0.4, 0.5) is 0 Å². The van der Waals surface area contributed by atoms with Crippen LogP contribution >= 0.6 is 11.8 Å². The molecule has 5 aromatic heterocycles. The summed E-state index contributed by atoms with van der Waals surface area (Å²) in [7, 11) is 0. The average Bonchev–Trinajstić information content (AvgIpc) is 4.08. The third-order valence-corrected chi connectivity index (χ3v) is 15.3. The largest absolute Gasteiger partial charge is 0.309 e. The van der Waals surface area contributed by atoms with E-state index in [2.05, 4.69) is 226 Å². The fraction of sp³-hybridized carbons (Fsp3) is 0.0169. The van der Waals surface area contributed by atoms with Crippen molar-refractivity contribution in [2.45, 2.75) is 15.2 Å². The van der Waals surface area contributed by atoms with E-state index in [0.29, 0.717) is 0 Å². The summed E-state index contributed by atoms with van der Waals surface area (Å²) < 4.78 is 7.23. The van der Waals surface area contributed by atoms with Gasteiger partial charge in [0.25, 0.3) is 0 Å². The summed E-state index contributed by atoms with van der Waals surface area (Å²) in [5.74, 6) is 0. The zero-order valence-corrected chi connectivity index (χ0v) is 35.7. The molecule has 1 aliphatic carbocycles. The molecule has 6 heterocycles. The minimum atomic E-state index is -0.778. The Kier molecular flexibility index (Phi) is 7.03. The zero-order chi connectivity index (χ0) is 42.4. The van der Waals surface area contributed by atoms with Gasteiger partial charge in [0, 0.05) is 58.9 Å². The molecule has 0 N–H and O–H groups in total. The minimum absolute atomic E-state index is 0.778. The number of benzene rings is 8. The molecule has 0 atom stereocenters. The van der Waals surface area contributed by atoms with Crippen molar-refractivity contribution >= 4 is 77.2 Å². The minimum Gasteiger partial charge on any atom is -0.309 e. The van der Waals surface area contributed by atoms with Crippen LogP contribution in [0.25, 0.3) is 93.9 Å². The molecule has 2 aliphatic rings. The number of para-hydroxylation sites is 6. The SMILES string of the molecule is c1ccc2c(c1)Sc1ccc(-n3c4ccccc4c4ccccc43)cc1C21c2cc(-n3c4ccccc4c4ccccc43)cnc2-c2ncc(-n3c4ccccc4c4ccccc43)cc21. The molecule has 0 amide bonds. The normalized spacial score (nSPS) is 13.6. The van der Waals surface area contributed by atoms with Crippen molar-refractivity contribution in [1.29, 1.82) is 0 Å². The van der Waals surface area contributed by atoms with E-state index in [1.54, 1.807) is 0 Å². The van der Waals surface area contributed by atoms with Gasteiger partial charge in [-0.3, -0.25) is 9.97 Å². The summed E-state index contributed by atoms with van der Waals surface area (Å²) in [4.78, 5) is 13.5. The second-order valence-corrected chi connectivity index (χ2v) is 18.4. The first kappa shape index (κ1) is 35.3. The van der Waals surface area contributed by atoms with Crippen molar-refractivity contribution in [3.05, 3.63) is 235 Å². The topological polar surface area (TPSA) is 40.6 Å². The lowest BCUT2D eigenvalue weighted by molar-refractivity contribution is 0.717. The predicted molar refractivity (Wildman–Crippen MR) is 266 cm³/mol. The highest BCUT2D eigenvalue weighted by Gasteiger charge is 2.52. The number of fused-ring (bicyclic) bond motifs is 18. The lowest BCUT2D eigenvalue weighted by Crippen LogP contribution is -2.32. The fourth-order valence-corrected chi connectivity index (χ4v) is 12.8. The van der Waals surface area contributed by atoms with Gasteiger partial charge in [0.05, 0.1) is 73.7 Å². The van der Waals surface area contributed by atoms with Crippen LogP contribution < -0.4 is 0 Å². The molecule has 0 fully saturated rings. The molecule has 15 rings (SSSR count). The third-order valence-electron chi connectivity index (χ3n) is 14.2. The first-order chi connectivity index (χ1) is 32.3. The van der Waals surface area contributed by atoms with Crippen molar-refractivity contribution in [2.24, 2.45) is 0 Å². The number of hydrogen-bond acceptors (Lipinski definition) is 3. The Morgan fingerprint density at radius 1 is 0.308 bits per heavy atom. The van der Waals surface area contributed by atoms with Crippen LogP contribution in [0.2, 0.25) is 0 Å². The molecule has 0 unspecified atom stereocenters. The van der Waals surface area contributed by atoms with Gasteiger partial charge in [-0.1, -0.05) is 139 Å². The molecule has 1 aliphatic heterocycles. The van der Waals surface area contributed by atoms with E-state index >= 15 is 0 Å². The van der Waals surface area contributed by atoms with Gasteiger partial charge in [-0.05, 0) is 83.9 Å². The molecule has 13 aromatic rings. The van der Waals surface area contributed by atoms with E-state index in [-0.39, 0.29) is 0 Å². The maximum absolute atomic E-state index is 5.51. The molecule has 6 heteroatoms. The monoisotopic (exact) mass is 845 g/mol. The number of aromatic nitrogens is 5. The van der Waals surface area contributed by atoms with Crippen molar-refractivity contribution in [3.63, 3.8) is 0 Å². The third kappa shape index (κ3) is 4.58. The molecule has 0 saturated heterocycles. The molecule has 8 aromatic carbocycles. The van der Waals surface area contributed by atoms with Gasteiger partial charge >= 0.3 is 0 Å². The Morgan fingerprint density at radius 3 is 1.08 bits per heavy atom. The van der Waals surface area contributed by atoms with E-state index in [0.717, 1.165) is 61.6 Å². The van der Waals surface area contributed by atoms with Crippen LogP contribution in [0.5, 0.6) is 0 Å². The number of rotatable bonds is 3. The van der Waals surface area contributed by atoms with E-state index in [4.69, 9.17) is 9.97 Å². The van der Waals surface area contributed by atoms with E-state index in [1.165, 1.54) is 64.3 Å². The molecular weight excluding hydrogens is 811 g/mol. The summed E-state index contributed by atoms with van der Waals surface area (Å²) in [6.07, 6.45) is 4.12. The highest BCUT2D eigenvalue weighted by atomic mass is 32.2. The second kappa shape index (κ2) is 12.9. The summed E-state index contributed by atoms with van der Waals surface area (Å²) in [5.41, 5.74) is 15.9. The maximum atomic E-state index is 5.51. The van der Waals surface area contributed by atoms with Gasteiger partial charge < -0.3 is 13.7 Å². The lowest BCUT2D eigenvalue weighted by atomic mass is 9.67. The quantitative estimate of drug-likeness (QED) is 0.178. The highest BCUT2D eigenvalue weighted by Crippen LogP contribution is 2.62. The van der Waals surface area contributed by atoms with Crippen molar-refractivity contribution in [3.8, 4) is 28.5 Å². The Balaban J connectivity index is 1.08. The Bertz CT molecular complexity index is 3860. The van der Waals surface area contributed by atoms with Crippen LogP contribution in [0.15, 0.2) is 222 Å². The molecule has 5 nitrogen and oxygen atoms in total. The van der Waals surface area contributed by atoms with Gasteiger partial charge in [-0.15, -0.1) is 0 Å². The lowest BCUT2D eigenvalue weighted by Gasteiger charge is -2.39. The van der Waals surface area contributed by atoms with Crippen LogP contribution in [0.1, 0.15) is 22.3 Å². The van der Waals surface area contributed by atoms with Crippen molar-refractivity contribution < 1.29 is 0 Å². The van der Waals surface area contributed by atoms with E-state index in [9.17, 15) is 0 Å². The van der Waals surface area contributed by atoms with Gasteiger partial charge in [0.2, 0.25) is 0 Å². The van der Waals surface area contributed by atoms with E-state index in [1.807, 2.05) is 11.8 Å². The highest BCUT2D eigenvalue weighted by molar-refractivity contribution is 7.99. The smallest absolute Gasteiger partial charge is 0.0939 e. The van der Waals surface area contributed by atoms with Gasteiger partial charge in [-0.2, -0.15) is 0 Å². The molecule has 0 bridgehead atoms. The molecular formula is C59H35N5S. The predicted octanol–water partition coefficient (Wildman–Crippen LogP) is 14.6. The molecule has 65 heavy (non-hydrogen) atoms. The van der Waals surface area contributed by atoms with Crippen LogP contribution in [0, 0.1) is 0 Å². The number of hydrogen-bond donors (Lipinski definition) is 0. The first-order valence-corrected chi connectivity index (χ1v) is 23.0. The van der Waals surface area contributed by atoms with Crippen molar-refractivity contribution in [1.82, 2.24) is 23.7 Å². The Hall–Kier alpha value is -8.19. The summed E-state index contributed by atoms with van der Waals surface area (Å²) >= 11 is 1.86. The number of nitrogens with zero attached hydrogens (tertiary/aromatic N) is 5. The molecule has 302 valence electrons. The molecule has 0 radical (unpaired) electrons. The van der Waals surface area contributed by atoms with Gasteiger partial charge in [-0.25, -0.2) is 0 Å².